The fourth-order valence-corrected chi connectivity index (χ4v) is 2.04. The molecule has 6 heteroatoms. The third-order valence-electron chi connectivity index (χ3n) is 2.79. The van der Waals surface area contributed by atoms with Crippen LogP contribution in [-0.4, -0.2) is 24.4 Å². The van der Waals surface area contributed by atoms with E-state index in [1.807, 2.05) is 0 Å². The van der Waals surface area contributed by atoms with Gasteiger partial charge in [-0.15, -0.1) is 0 Å². The molecular formula is C13H19NO4S. The highest BCUT2D eigenvalue weighted by atomic mass is 32.1. The maximum absolute atomic E-state index is 10.9. The summed E-state index contributed by atoms with van der Waals surface area (Å²) in [5.41, 5.74) is -0.0853. The molecule has 0 aliphatic heterocycles. The van der Waals surface area contributed by atoms with Gasteiger partial charge in [0.25, 0.3) is 0 Å². The fraction of sp³-hybridized carbons (Fsp3) is 0.538. The van der Waals surface area contributed by atoms with Gasteiger partial charge in [-0.2, -0.15) is 12.6 Å². The summed E-state index contributed by atoms with van der Waals surface area (Å²) in [6, 6.07) is 4.61. The lowest BCUT2D eigenvalue weighted by Gasteiger charge is -2.14. The molecule has 0 heterocycles. The van der Waals surface area contributed by atoms with Crippen LogP contribution in [0.15, 0.2) is 18.2 Å². The summed E-state index contributed by atoms with van der Waals surface area (Å²) >= 11 is 4.27. The summed E-state index contributed by atoms with van der Waals surface area (Å²) in [4.78, 5) is 10.4. The molecule has 106 valence electrons. The van der Waals surface area contributed by atoms with Crippen molar-refractivity contribution in [2.24, 2.45) is 5.92 Å². The largest absolute Gasteiger partial charge is 0.493 e. The van der Waals surface area contributed by atoms with Crippen molar-refractivity contribution in [3.63, 3.8) is 0 Å². The van der Waals surface area contributed by atoms with E-state index in [1.165, 1.54) is 13.2 Å². The number of nitro benzene ring substituents is 1. The van der Waals surface area contributed by atoms with Crippen LogP contribution in [0.1, 0.15) is 19.8 Å². The van der Waals surface area contributed by atoms with Gasteiger partial charge in [-0.1, -0.05) is 13.3 Å². The average Bonchev–Trinajstić information content (AvgIpc) is 2.43. The van der Waals surface area contributed by atoms with E-state index in [9.17, 15) is 10.1 Å². The van der Waals surface area contributed by atoms with E-state index in [0.717, 1.165) is 18.6 Å². The number of nitro groups is 1. The Bertz CT molecular complexity index is 425. The Morgan fingerprint density at radius 2 is 2.21 bits per heavy atom. The number of rotatable bonds is 8. The minimum absolute atomic E-state index is 0.0853. The minimum Gasteiger partial charge on any atom is -0.493 e. The number of thiol groups is 1. The Morgan fingerprint density at radius 3 is 2.74 bits per heavy atom. The lowest BCUT2D eigenvalue weighted by atomic mass is 10.1. The Morgan fingerprint density at radius 1 is 1.47 bits per heavy atom. The van der Waals surface area contributed by atoms with Crippen LogP contribution in [0, 0.1) is 16.0 Å². The van der Waals surface area contributed by atoms with Crippen molar-refractivity contribution >= 4 is 18.3 Å². The maximum Gasteiger partial charge on any atom is 0.314 e. The van der Waals surface area contributed by atoms with Crippen molar-refractivity contribution in [2.75, 3.05) is 19.5 Å². The Kier molecular flexibility index (Phi) is 6.49. The fourth-order valence-electron chi connectivity index (χ4n) is 1.75. The van der Waals surface area contributed by atoms with E-state index in [2.05, 4.69) is 19.6 Å². The Hall–Kier alpha value is -1.43. The zero-order chi connectivity index (χ0) is 14.3. The van der Waals surface area contributed by atoms with Gasteiger partial charge < -0.3 is 9.47 Å². The lowest BCUT2D eigenvalue weighted by Crippen LogP contribution is -2.13. The molecule has 0 radical (unpaired) electrons. The predicted molar refractivity (Wildman–Crippen MR) is 77.4 cm³/mol. The van der Waals surface area contributed by atoms with Crippen molar-refractivity contribution in [3.05, 3.63) is 28.3 Å². The molecule has 19 heavy (non-hydrogen) atoms. The van der Waals surface area contributed by atoms with Crippen LogP contribution >= 0.6 is 12.6 Å². The lowest BCUT2D eigenvalue weighted by molar-refractivity contribution is -0.385. The molecular weight excluding hydrogens is 266 g/mol. The van der Waals surface area contributed by atoms with Gasteiger partial charge in [0, 0.05) is 5.92 Å². The minimum atomic E-state index is -0.478. The molecule has 0 aliphatic rings. The van der Waals surface area contributed by atoms with Crippen molar-refractivity contribution in [3.8, 4) is 11.5 Å². The first kappa shape index (κ1) is 15.6. The van der Waals surface area contributed by atoms with Crippen molar-refractivity contribution in [2.45, 2.75) is 19.8 Å². The molecule has 0 aliphatic carbocycles. The van der Waals surface area contributed by atoms with Crippen LogP contribution < -0.4 is 9.47 Å². The first-order valence-corrected chi connectivity index (χ1v) is 6.81. The number of nitrogens with zero attached hydrogens (tertiary/aromatic N) is 1. The maximum atomic E-state index is 10.9. The molecule has 0 bridgehead atoms. The summed E-state index contributed by atoms with van der Waals surface area (Å²) in [5, 5.41) is 10.9. The topological polar surface area (TPSA) is 61.6 Å². The predicted octanol–water partition coefficient (Wildman–Crippen LogP) is 3.33. The molecule has 0 saturated carbocycles. The molecule has 0 N–H and O–H groups in total. The summed E-state index contributed by atoms with van der Waals surface area (Å²) in [5.74, 6) is 1.81. The zero-order valence-corrected chi connectivity index (χ0v) is 12.1. The smallest absolute Gasteiger partial charge is 0.314 e. The Labute approximate surface area is 118 Å². The second-order valence-electron chi connectivity index (χ2n) is 4.24. The third kappa shape index (κ3) is 4.63. The Balaban J connectivity index is 2.74. The van der Waals surface area contributed by atoms with Crippen LogP contribution in [0.5, 0.6) is 11.5 Å². The highest BCUT2D eigenvalue weighted by Gasteiger charge is 2.16. The van der Waals surface area contributed by atoms with Crippen LogP contribution in [0.4, 0.5) is 5.69 Å². The standard InChI is InChI=1S/C13H19NO4S/c1-3-4-10(9-19)8-18-11-5-6-13(17-2)12(7-11)14(15)16/h5-7,10,19H,3-4,8-9H2,1-2H3. The van der Waals surface area contributed by atoms with Gasteiger partial charge in [-0.3, -0.25) is 10.1 Å². The summed E-state index contributed by atoms with van der Waals surface area (Å²) in [6.45, 7) is 2.62. The number of hydrogen-bond donors (Lipinski definition) is 1. The van der Waals surface area contributed by atoms with Gasteiger partial charge in [-0.05, 0) is 24.3 Å². The number of hydrogen-bond acceptors (Lipinski definition) is 5. The van der Waals surface area contributed by atoms with Gasteiger partial charge in [0.05, 0.1) is 24.7 Å². The van der Waals surface area contributed by atoms with Crippen molar-refractivity contribution in [1.82, 2.24) is 0 Å². The SMILES string of the molecule is CCCC(CS)COc1ccc(OC)c([N+](=O)[O-])c1. The van der Waals surface area contributed by atoms with E-state index < -0.39 is 4.92 Å². The molecule has 5 nitrogen and oxygen atoms in total. The van der Waals surface area contributed by atoms with Crippen molar-refractivity contribution in [1.29, 1.82) is 0 Å². The molecule has 1 rings (SSSR count). The molecule has 1 aromatic carbocycles. The monoisotopic (exact) mass is 285 g/mol. The van der Waals surface area contributed by atoms with Gasteiger partial charge in [0.1, 0.15) is 5.75 Å². The molecule has 1 unspecified atom stereocenters. The second-order valence-corrected chi connectivity index (χ2v) is 4.60. The normalized spacial score (nSPS) is 11.9. The molecule has 0 fully saturated rings. The average molecular weight is 285 g/mol. The molecule has 0 spiro atoms. The molecule has 0 aromatic heterocycles. The van der Waals surface area contributed by atoms with Crippen LogP contribution in [-0.2, 0) is 0 Å². The third-order valence-corrected chi connectivity index (χ3v) is 3.30. The van der Waals surface area contributed by atoms with E-state index in [-0.39, 0.29) is 11.4 Å². The highest BCUT2D eigenvalue weighted by molar-refractivity contribution is 7.80. The second kappa shape index (κ2) is 7.89. The molecule has 0 saturated heterocycles. The molecule has 1 atom stereocenters. The van der Waals surface area contributed by atoms with E-state index in [0.29, 0.717) is 18.3 Å². The summed E-state index contributed by atoms with van der Waals surface area (Å²) in [6.07, 6.45) is 2.10. The first-order valence-electron chi connectivity index (χ1n) is 6.18. The number of methoxy groups -OCH3 is 1. The highest BCUT2D eigenvalue weighted by Crippen LogP contribution is 2.31. The summed E-state index contributed by atoms with van der Waals surface area (Å²) in [7, 11) is 1.40. The van der Waals surface area contributed by atoms with Crippen LogP contribution in [0.3, 0.4) is 0 Å². The number of ether oxygens (including phenoxy) is 2. The molecule has 0 amide bonds. The van der Waals surface area contributed by atoms with Crippen LogP contribution in [0.2, 0.25) is 0 Å². The van der Waals surface area contributed by atoms with Gasteiger partial charge in [-0.25, -0.2) is 0 Å². The quantitative estimate of drug-likeness (QED) is 0.452. The van der Waals surface area contributed by atoms with Crippen LogP contribution in [0.25, 0.3) is 0 Å². The molecule has 1 aromatic rings. The van der Waals surface area contributed by atoms with Gasteiger partial charge in [0.2, 0.25) is 0 Å². The van der Waals surface area contributed by atoms with Crippen molar-refractivity contribution < 1.29 is 14.4 Å². The van der Waals surface area contributed by atoms with Gasteiger partial charge >= 0.3 is 5.69 Å². The van der Waals surface area contributed by atoms with E-state index in [4.69, 9.17) is 9.47 Å². The summed E-state index contributed by atoms with van der Waals surface area (Å²) < 4.78 is 10.5. The zero-order valence-electron chi connectivity index (χ0n) is 11.2. The number of benzene rings is 1. The van der Waals surface area contributed by atoms with E-state index >= 15 is 0 Å². The van der Waals surface area contributed by atoms with E-state index in [1.54, 1.807) is 12.1 Å². The first-order chi connectivity index (χ1) is 9.12. The van der Waals surface area contributed by atoms with Gasteiger partial charge in [0.15, 0.2) is 5.75 Å².